The molecule has 0 atom stereocenters. The van der Waals surface area contributed by atoms with Gasteiger partial charge in [0.15, 0.2) is 0 Å². The molecule has 0 amide bonds. The Labute approximate surface area is 128 Å². The van der Waals surface area contributed by atoms with Crippen LogP contribution in [0.2, 0.25) is 10.0 Å². The summed E-state index contributed by atoms with van der Waals surface area (Å²) in [6.07, 6.45) is 0. The topological polar surface area (TPSA) is 12.0 Å². The first-order valence-corrected chi connectivity index (χ1v) is 7.32. The number of halogens is 4. The van der Waals surface area contributed by atoms with E-state index in [-0.39, 0.29) is 0 Å². The standard InChI is InChI=1S/C12H5Cl4NS/c13-8-6-4-2-1-3-5(6)7-9(14)12(16)17-18-11(7)10(8)15/h1-4,17H. The molecule has 6 heteroatoms. The molecule has 1 aliphatic heterocycles. The summed E-state index contributed by atoms with van der Waals surface area (Å²) < 4.78 is 2.91. The molecule has 0 aromatic heterocycles. The van der Waals surface area contributed by atoms with Crippen LogP contribution in [0.25, 0.3) is 15.8 Å². The van der Waals surface area contributed by atoms with Crippen LogP contribution in [0.4, 0.5) is 0 Å². The molecule has 0 bridgehead atoms. The van der Waals surface area contributed by atoms with Crippen LogP contribution in [-0.2, 0) is 0 Å². The monoisotopic (exact) mass is 335 g/mol. The Hall–Kier alpha value is -0.250. The minimum atomic E-state index is 0.401. The van der Waals surface area contributed by atoms with Crippen molar-refractivity contribution in [2.75, 3.05) is 0 Å². The normalized spacial score (nSPS) is 14.7. The van der Waals surface area contributed by atoms with Gasteiger partial charge in [-0.3, -0.25) is 0 Å². The third-order valence-electron chi connectivity index (χ3n) is 2.71. The van der Waals surface area contributed by atoms with Crippen molar-refractivity contribution in [2.24, 2.45) is 0 Å². The lowest BCUT2D eigenvalue weighted by atomic mass is 10.0. The largest absolute Gasteiger partial charge is 0.315 e. The van der Waals surface area contributed by atoms with Gasteiger partial charge in [0.2, 0.25) is 0 Å². The van der Waals surface area contributed by atoms with Crippen molar-refractivity contribution in [2.45, 2.75) is 4.90 Å². The summed E-state index contributed by atoms with van der Waals surface area (Å²) in [7, 11) is 0. The number of benzene rings is 2. The summed E-state index contributed by atoms with van der Waals surface area (Å²) >= 11 is 26.2. The van der Waals surface area contributed by atoms with Crippen LogP contribution in [0, 0.1) is 0 Å². The molecule has 0 spiro atoms. The summed E-state index contributed by atoms with van der Waals surface area (Å²) in [5.41, 5.74) is 0.829. The van der Waals surface area contributed by atoms with Crippen molar-refractivity contribution in [1.29, 1.82) is 0 Å². The van der Waals surface area contributed by atoms with E-state index in [1.54, 1.807) is 0 Å². The number of rotatable bonds is 0. The molecule has 18 heavy (non-hydrogen) atoms. The summed E-state index contributed by atoms with van der Waals surface area (Å²) in [5.74, 6) is 0. The zero-order valence-electron chi connectivity index (χ0n) is 8.73. The third kappa shape index (κ3) is 1.79. The smallest absolute Gasteiger partial charge is 0.131 e. The van der Waals surface area contributed by atoms with E-state index in [1.165, 1.54) is 11.9 Å². The van der Waals surface area contributed by atoms with Gasteiger partial charge >= 0.3 is 0 Å². The summed E-state index contributed by atoms with van der Waals surface area (Å²) in [6, 6.07) is 7.70. The Morgan fingerprint density at radius 3 is 2.28 bits per heavy atom. The average Bonchev–Trinajstić information content (AvgIpc) is 2.39. The average molecular weight is 337 g/mol. The zero-order valence-corrected chi connectivity index (χ0v) is 12.6. The highest BCUT2D eigenvalue weighted by Gasteiger charge is 2.24. The molecule has 0 saturated carbocycles. The van der Waals surface area contributed by atoms with E-state index >= 15 is 0 Å². The zero-order chi connectivity index (χ0) is 12.9. The second-order valence-electron chi connectivity index (χ2n) is 3.71. The van der Waals surface area contributed by atoms with Crippen molar-refractivity contribution < 1.29 is 0 Å². The minimum Gasteiger partial charge on any atom is -0.315 e. The molecule has 1 N–H and O–H groups in total. The Balaban J connectivity index is 2.53. The fourth-order valence-electron chi connectivity index (χ4n) is 1.91. The van der Waals surface area contributed by atoms with Crippen LogP contribution in [0.1, 0.15) is 5.56 Å². The molecule has 3 rings (SSSR count). The first kappa shape index (κ1) is 12.8. The van der Waals surface area contributed by atoms with Crippen molar-refractivity contribution in [3.05, 3.63) is 45.0 Å². The molecule has 0 aliphatic carbocycles. The van der Waals surface area contributed by atoms with Gasteiger partial charge in [-0.15, -0.1) is 0 Å². The van der Waals surface area contributed by atoms with E-state index in [1.807, 2.05) is 24.3 Å². The van der Waals surface area contributed by atoms with E-state index in [0.717, 1.165) is 21.2 Å². The fraction of sp³-hybridized carbons (Fsp3) is 0. The van der Waals surface area contributed by atoms with Crippen molar-refractivity contribution >= 4 is 74.2 Å². The maximum Gasteiger partial charge on any atom is 0.131 e. The molecule has 92 valence electrons. The first-order valence-electron chi connectivity index (χ1n) is 4.99. The highest BCUT2D eigenvalue weighted by molar-refractivity contribution is 7.97. The van der Waals surface area contributed by atoms with Gasteiger partial charge in [-0.2, -0.15) is 0 Å². The Morgan fingerprint density at radius 1 is 0.889 bits per heavy atom. The molecule has 2 aromatic carbocycles. The molecule has 1 aliphatic rings. The van der Waals surface area contributed by atoms with E-state index < -0.39 is 0 Å². The minimum absolute atomic E-state index is 0.401. The second-order valence-corrected chi connectivity index (χ2v) is 6.04. The van der Waals surface area contributed by atoms with Gasteiger partial charge in [0.05, 0.1) is 20.0 Å². The van der Waals surface area contributed by atoms with Crippen molar-refractivity contribution in [3.8, 4) is 0 Å². The van der Waals surface area contributed by atoms with Gasteiger partial charge in [-0.1, -0.05) is 70.7 Å². The quantitative estimate of drug-likeness (QED) is 0.477. The molecular weight excluding hydrogens is 332 g/mol. The van der Waals surface area contributed by atoms with Crippen LogP contribution in [-0.4, -0.2) is 0 Å². The second kappa shape index (κ2) is 4.69. The lowest BCUT2D eigenvalue weighted by Gasteiger charge is -2.21. The van der Waals surface area contributed by atoms with Crippen LogP contribution in [0.5, 0.6) is 0 Å². The van der Waals surface area contributed by atoms with Gasteiger partial charge in [0, 0.05) is 10.9 Å². The Bertz CT molecular complexity index is 696. The van der Waals surface area contributed by atoms with Gasteiger partial charge in [0.25, 0.3) is 0 Å². The van der Waals surface area contributed by atoms with Crippen LogP contribution in [0.15, 0.2) is 34.3 Å². The molecule has 2 aromatic rings. The van der Waals surface area contributed by atoms with E-state index in [9.17, 15) is 0 Å². The van der Waals surface area contributed by atoms with Crippen molar-refractivity contribution in [1.82, 2.24) is 4.72 Å². The molecule has 1 nitrogen and oxygen atoms in total. The summed E-state index contributed by atoms with van der Waals surface area (Å²) in [6.45, 7) is 0. The van der Waals surface area contributed by atoms with Gasteiger partial charge in [-0.25, -0.2) is 0 Å². The van der Waals surface area contributed by atoms with Gasteiger partial charge in [-0.05, 0) is 17.3 Å². The Kier molecular flexibility index (Phi) is 3.33. The molecular formula is C12H5Cl4NS. The fourth-order valence-corrected chi connectivity index (χ4v) is 3.90. The molecule has 0 radical (unpaired) electrons. The molecule has 0 fully saturated rings. The molecule has 0 saturated heterocycles. The number of hydrogen-bond donors (Lipinski definition) is 1. The van der Waals surface area contributed by atoms with Crippen LogP contribution in [0.3, 0.4) is 0 Å². The maximum absolute atomic E-state index is 6.29. The number of nitrogens with one attached hydrogen (secondary N) is 1. The van der Waals surface area contributed by atoms with E-state index in [4.69, 9.17) is 46.4 Å². The highest BCUT2D eigenvalue weighted by atomic mass is 35.5. The molecule has 0 unspecified atom stereocenters. The first-order chi connectivity index (χ1) is 8.61. The number of fused-ring (bicyclic) bond motifs is 3. The predicted molar refractivity (Wildman–Crippen MR) is 81.6 cm³/mol. The van der Waals surface area contributed by atoms with E-state index in [2.05, 4.69) is 4.72 Å². The maximum atomic E-state index is 6.29. The third-order valence-corrected chi connectivity index (χ3v) is 5.48. The van der Waals surface area contributed by atoms with Crippen LogP contribution >= 0.6 is 58.4 Å². The Morgan fingerprint density at radius 2 is 1.56 bits per heavy atom. The predicted octanol–water partition coefficient (Wildman–Crippen LogP) is 5.86. The highest BCUT2D eigenvalue weighted by Crippen LogP contribution is 2.48. The van der Waals surface area contributed by atoms with Gasteiger partial charge in [0.1, 0.15) is 5.16 Å². The molecule has 1 heterocycles. The summed E-state index contributed by atoms with van der Waals surface area (Å²) in [4.78, 5) is 0.801. The number of hydrogen-bond acceptors (Lipinski definition) is 2. The van der Waals surface area contributed by atoms with Crippen LogP contribution < -0.4 is 4.72 Å². The van der Waals surface area contributed by atoms with E-state index in [0.29, 0.717) is 20.2 Å². The summed E-state index contributed by atoms with van der Waals surface area (Å²) in [5, 5.41) is 3.69. The van der Waals surface area contributed by atoms with Gasteiger partial charge < -0.3 is 4.72 Å². The lowest BCUT2D eigenvalue weighted by Crippen LogP contribution is -2.07. The SMILES string of the molecule is ClC1=C(Cl)c2c(c(Cl)c(Cl)c3ccccc23)SN1. The lowest BCUT2D eigenvalue weighted by molar-refractivity contribution is 1.30. The van der Waals surface area contributed by atoms with Crippen molar-refractivity contribution in [3.63, 3.8) is 0 Å².